The van der Waals surface area contributed by atoms with E-state index >= 15 is 0 Å². The molecule has 3 nitrogen and oxygen atoms in total. The summed E-state index contributed by atoms with van der Waals surface area (Å²) in [5.74, 6) is -1.37. The van der Waals surface area contributed by atoms with Crippen LogP contribution in [0.2, 0.25) is 5.54 Å². The van der Waals surface area contributed by atoms with E-state index in [0.29, 0.717) is 5.56 Å². The van der Waals surface area contributed by atoms with Gasteiger partial charge in [0.1, 0.15) is 11.4 Å². The summed E-state index contributed by atoms with van der Waals surface area (Å²) >= 11 is 0. The summed E-state index contributed by atoms with van der Waals surface area (Å²) in [4.78, 5) is 25.2. The maximum absolute atomic E-state index is 14.6. The fourth-order valence-electron chi connectivity index (χ4n) is 4.58. The summed E-state index contributed by atoms with van der Waals surface area (Å²) in [7, 11) is 3.47. The number of halogens is 1. The molecule has 2 aromatic carbocycles. The maximum Gasteiger partial charge on any atom is 0.338 e. The second kappa shape index (κ2) is 8.67. The first-order valence-electron chi connectivity index (χ1n) is 11.3. The monoisotopic (exact) mass is 463 g/mol. The van der Waals surface area contributed by atoms with Crippen molar-refractivity contribution in [3.8, 4) is 0 Å². The molecule has 33 heavy (non-hydrogen) atoms. The lowest BCUT2D eigenvalue weighted by Crippen LogP contribution is -2.32. The first-order valence-corrected chi connectivity index (χ1v) is 11.8. The van der Waals surface area contributed by atoms with E-state index in [0.717, 1.165) is 12.5 Å². The van der Waals surface area contributed by atoms with Crippen LogP contribution in [0.1, 0.15) is 92.3 Å². The number of benzene rings is 2. The van der Waals surface area contributed by atoms with Gasteiger partial charge in [-0.25, -0.2) is 9.18 Å². The van der Waals surface area contributed by atoms with Gasteiger partial charge in [0, 0.05) is 21.4 Å². The third kappa shape index (κ3) is 5.19. The summed E-state index contributed by atoms with van der Waals surface area (Å²) in [6.07, 6.45) is 3.84. The van der Waals surface area contributed by atoms with Crippen LogP contribution in [0.4, 0.5) is 4.39 Å². The average molecular weight is 464 g/mol. The standard InChI is InChI=1S/C28H32FO3Si/c1-17(33)28(6,7)32-25(31)20-9-8-18(23(29)15-20)11-13-24(30)19-10-12-21-22(14-19)27(4,5)16-26(21,2)3/h8-15,17H,16H2,1-7H3. The molecule has 173 valence electrons. The second-order valence-corrected chi connectivity index (χ2v) is 11.7. The predicted molar refractivity (Wildman–Crippen MR) is 132 cm³/mol. The lowest BCUT2D eigenvalue weighted by molar-refractivity contribution is -0.00207. The Balaban J connectivity index is 1.78. The van der Waals surface area contributed by atoms with Crippen molar-refractivity contribution in [3.63, 3.8) is 0 Å². The number of esters is 1. The highest BCUT2D eigenvalue weighted by atomic mass is 28.1. The molecular weight excluding hydrogens is 431 g/mol. The molecular formula is C28H32FO3Si. The fraction of sp³-hybridized carbons (Fsp3) is 0.429. The molecule has 5 heteroatoms. The minimum Gasteiger partial charge on any atom is -0.456 e. The van der Waals surface area contributed by atoms with Gasteiger partial charge in [-0.3, -0.25) is 4.79 Å². The molecule has 0 aliphatic heterocycles. The van der Waals surface area contributed by atoms with Crippen LogP contribution in [0.5, 0.6) is 0 Å². The Bertz CT molecular complexity index is 1130. The van der Waals surface area contributed by atoms with Gasteiger partial charge >= 0.3 is 5.97 Å². The minimum atomic E-state index is -0.741. The van der Waals surface area contributed by atoms with Crippen LogP contribution < -0.4 is 0 Å². The van der Waals surface area contributed by atoms with Crippen molar-refractivity contribution in [2.45, 2.75) is 76.9 Å². The van der Waals surface area contributed by atoms with Gasteiger partial charge < -0.3 is 4.74 Å². The highest BCUT2D eigenvalue weighted by Gasteiger charge is 2.41. The lowest BCUT2D eigenvalue weighted by atomic mass is 9.82. The zero-order valence-corrected chi connectivity index (χ0v) is 21.5. The molecule has 3 radical (unpaired) electrons. The van der Waals surface area contributed by atoms with Gasteiger partial charge in [-0.1, -0.05) is 52.8 Å². The van der Waals surface area contributed by atoms with Gasteiger partial charge in [0.05, 0.1) is 5.56 Å². The molecule has 0 aromatic heterocycles. The Morgan fingerprint density at radius 3 is 2.24 bits per heavy atom. The molecule has 0 saturated carbocycles. The molecule has 1 atom stereocenters. The molecule has 0 amide bonds. The van der Waals surface area contributed by atoms with Crippen molar-refractivity contribution in [2.75, 3.05) is 0 Å². The lowest BCUT2D eigenvalue weighted by Gasteiger charge is -2.29. The van der Waals surface area contributed by atoms with Gasteiger partial charge in [-0.2, -0.15) is 0 Å². The van der Waals surface area contributed by atoms with Crippen molar-refractivity contribution in [1.82, 2.24) is 0 Å². The van der Waals surface area contributed by atoms with Gasteiger partial charge in [0.15, 0.2) is 5.78 Å². The number of ketones is 1. The van der Waals surface area contributed by atoms with Crippen LogP contribution in [0.15, 0.2) is 42.5 Å². The number of ether oxygens (including phenoxy) is 1. The third-order valence-corrected chi connectivity index (χ3v) is 7.39. The number of rotatable bonds is 6. The highest BCUT2D eigenvalue weighted by molar-refractivity contribution is 6.12. The summed E-state index contributed by atoms with van der Waals surface area (Å²) in [6.45, 7) is 14.3. The first kappa shape index (κ1) is 25.1. The summed E-state index contributed by atoms with van der Waals surface area (Å²) in [5.41, 5.74) is 2.67. The molecule has 2 aromatic rings. The van der Waals surface area contributed by atoms with E-state index in [-0.39, 0.29) is 33.3 Å². The van der Waals surface area contributed by atoms with Gasteiger partial charge in [0.2, 0.25) is 0 Å². The number of carbonyl (C=O) groups is 2. The van der Waals surface area contributed by atoms with Crippen LogP contribution in [0.3, 0.4) is 0 Å². The normalized spacial score (nSPS) is 17.6. The van der Waals surface area contributed by atoms with Crippen molar-refractivity contribution in [3.05, 3.63) is 76.1 Å². The summed E-state index contributed by atoms with van der Waals surface area (Å²) < 4.78 is 20.1. The van der Waals surface area contributed by atoms with Crippen LogP contribution >= 0.6 is 0 Å². The van der Waals surface area contributed by atoms with Crippen LogP contribution in [-0.4, -0.2) is 27.6 Å². The topological polar surface area (TPSA) is 43.4 Å². The molecule has 0 bridgehead atoms. The number of hydrogen-bond donors (Lipinski definition) is 0. The average Bonchev–Trinajstić information content (AvgIpc) is 2.89. The zero-order chi connectivity index (χ0) is 24.8. The van der Waals surface area contributed by atoms with Crippen molar-refractivity contribution in [1.29, 1.82) is 0 Å². The third-order valence-electron chi connectivity index (χ3n) is 6.70. The number of hydrogen-bond acceptors (Lipinski definition) is 3. The molecule has 3 rings (SSSR count). The molecule has 1 aliphatic rings. The minimum absolute atomic E-state index is 0.00351. The van der Waals surface area contributed by atoms with Gasteiger partial charge in [-0.15, -0.1) is 0 Å². The number of fused-ring (bicyclic) bond motifs is 1. The largest absolute Gasteiger partial charge is 0.456 e. The van der Waals surface area contributed by atoms with Crippen molar-refractivity contribution < 1.29 is 18.7 Å². The Morgan fingerprint density at radius 2 is 1.64 bits per heavy atom. The Morgan fingerprint density at radius 1 is 1.03 bits per heavy atom. The van der Waals surface area contributed by atoms with Gasteiger partial charge in [-0.05, 0) is 78.1 Å². The van der Waals surface area contributed by atoms with Crippen LogP contribution in [-0.2, 0) is 15.6 Å². The highest BCUT2D eigenvalue weighted by Crippen LogP contribution is 2.49. The molecule has 0 N–H and O–H groups in total. The van der Waals surface area contributed by atoms with E-state index in [2.05, 4.69) is 37.9 Å². The van der Waals surface area contributed by atoms with E-state index in [4.69, 9.17) is 4.74 Å². The SMILES string of the molecule is CC([Si])C(C)(C)OC(=O)c1ccc(C=CC(=O)c2ccc3c(c2)C(C)(C)CC3(C)C)c(F)c1. The molecule has 0 fully saturated rings. The molecule has 1 aliphatic carbocycles. The molecule has 0 spiro atoms. The number of carbonyl (C=O) groups excluding carboxylic acids is 2. The zero-order valence-electron chi connectivity index (χ0n) is 20.5. The quantitative estimate of drug-likeness (QED) is 0.210. The molecule has 1 unspecified atom stereocenters. The Kier molecular flexibility index (Phi) is 6.60. The van der Waals surface area contributed by atoms with Crippen molar-refractivity contribution in [2.24, 2.45) is 0 Å². The summed E-state index contributed by atoms with van der Waals surface area (Å²) in [6, 6.07) is 9.98. The van der Waals surface area contributed by atoms with Gasteiger partial charge in [0.25, 0.3) is 0 Å². The molecule has 0 saturated heterocycles. The van der Waals surface area contributed by atoms with E-state index in [1.54, 1.807) is 13.8 Å². The second-order valence-electron chi connectivity index (χ2n) is 10.9. The van der Waals surface area contributed by atoms with E-state index in [1.807, 2.05) is 25.1 Å². The molecule has 0 heterocycles. The van der Waals surface area contributed by atoms with Crippen LogP contribution in [0, 0.1) is 5.82 Å². The Labute approximate surface area is 199 Å². The van der Waals surface area contributed by atoms with E-state index in [9.17, 15) is 14.0 Å². The van der Waals surface area contributed by atoms with E-state index in [1.165, 1.54) is 35.4 Å². The smallest absolute Gasteiger partial charge is 0.338 e. The summed E-state index contributed by atoms with van der Waals surface area (Å²) in [5, 5.41) is 0. The maximum atomic E-state index is 14.6. The van der Waals surface area contributed by atoms with Crippen molar-refractivity contribution >= 4 is 28.1 Å². The van der Waals surface area contributed by atoms with E-state index < -0.39 is 17.4 Å². The first-order chi connectivity index (χ1) is 15.1. The number of allylic oxidation sites excluding steroid dienone is 1. The Hall–Kier alpha value is -2.53. The van der Waals surface area contributed by atoms with Crippen LogP contribution in [0.25, 0.3) is 6.08 Å². The fourth-order valence-corrected chi connectivity index (χ4v) is 4.64. The predicted octanol–water partition coefficient (Wildman–Crippen LogP) is 6.59.